The second-order valence-electron chi connectivity index (χ2n) is 4.35. The van der Waals surface area contributed by atoms with Crippen LogP contribution in [0.25, 0.3) is 0 Å². The van der Waals surface area contributed by atoms with E-state index in [-0.39, 0.29) is 21.1 Å². The van der Waals surface area contributed by atoms with Crippen LogP contribution in [0.15, 0.2) is 24.3 Å². The molecule has 0 saturated carbocycles. The van der Waals surface area contributed by atoms with E-state index in [1.54, 1.807) is 0 Å². The standard InChI is InChI=1S/C14H21.Mo.H3O2PS2/c1-2-3-4-5-6-8-11-14-12-9-7-10-13-14;;1-3(2,4)5/h7,9-10,12H,2-6,8,11H2,1H3;;(H3,1,2,4,5)/q-1;+4;/p-3. The molecule has 0 aliphatic rings. The predicted molar refractivity (Wildman–Crippen MR) is 84.0 cm³/mol. The summed E-state index contributed by atoms with van der Waals surface area (Å²) in [5.41, 5.74) is -2.36. The Morgan fingerprint density at radius 3 is 2.20 bits per heavy atom. The summed E-state index contributed by atoms with van der Waals surface area (Å²) in [7, 11) is 0. The van der Waals surface area contributed by atoms with Crippen molar-refractivity contribution in [2.24, 2.45) is 0 Å². The van der Waals surface area contributed by atoms with Crippen LogP contribution in [-0.2, 0) is 51.5 Å². The van der Waals surface area contributed by atoms with Gasteiger partial charge in [0.1, 0.15) is 0 Å². The first-order valence-corrected chi connectivity index (χ1v) is 10.3. The zero-order chi connectivity index (χ0) is 14.6. The summed E-state index contributed by atoms with van der Waals surface area (Å²) in [6, 6.07) is 11.6. The minimum absolute atomic E-state index is 0. The Balaban J connectivity index is 0. The van der Waals surface area contributed by atoms with E-state index in [9.17, 15) is 9.79 Å². The van der Waals surface area contributed by atoms with Crippen molar-refractivity contribution in [3.63, 3.8) is 0 Å². The van der Waals surface area contributed by atoms with Crippen molar-refractivity contribution in [1.82, 2.24) is 0 Å². The fourth-order valence-corrected chi connectivity index (χ4v) is 1.68. The molecule has 1 rings (SSSR count). The smallest absolute Gasteiger partial charge is 0.850 e. The molecular weight excluding hydrogens is 391 g/mol. The topological polar surface area (TPSA) is 46.1 Å². The van der Waals surface area contributed by atoms with Crippen LogP contribution < -0.4 is 9.79 Å². The molecule has 0 aliphatic carbocycles. The number of hydrogen-bond acceptors (Lipinski definition) is 4. The maximum Gasteiger partial charge on any atom is 4.00 e. The van der Waals surface area contributed by atoms with E-state index in [0.29, 0.717) is 0 Å². The molecule has 0 amide bonds. The number of aryl methyl sites for hydroxylation is 1. The summed E-state index contributed by atoms with van der Waals surface area (Å²) in [4.78, 5) is 18.6. The Hall–Kier alpha value is 0.828. The third kappa shape index (κ3) is 21.1. The molecule has 0 N–H and O–H groups in total. The van der Waals surface area contributed by atoms with Gasteiger partial charge in [-0.3, -0.25) is 0 Å². The van der Waals surface area contributed by atoms with Gasteiger partial charge in [-0.1, -0.05) is 51.9 Å². The molecular formula is C14H21MoO2PS2. The van der Waals surface area contributed by atoms with Crippen LogP contribution in [0.3, 0.4) is 0 Å². The molecule has 6 heteroatoms. The van der Waals surface area contributed by atoms with Crippen LogP contribution in [-0.4, -0.2) is 0 Å². The number of hydrogen-bond donors (Lipinski definition) is 0. The average molecular weight is 412 g/mol. The van der Waals surface area contributed by atoms with Crippen LogP contribution in [0.2, 0.25) is 0 Å². The molecule has 20 heavy (non-hydrogen) atoms. The van der Waals surface area contributed by atoms with Crippen LogP contribution in [0, 0.1) is 6.07 Å². The SMILES string of the molecule is CCCCCCCCc1[c-]cccc1.[Mo+4].[O-]P([O-])(=S)[S-]. The van der Waals surface area contributed by atoms with E-state index < -0.39 is 5.69 Å². The van der Waals surface area contributed by atoms with Crippen LogP contribution >= 0.6 is 5.69 Å². The Labute approximate surface area is 148 Å². The van der Waals surface area contributed by atoms with Gasteiger partial charge in [0.2, 0.25) is 0 Å². The van der Waals surface area contributed by atoms with Gasteiger partial charge >= 0.3 is 21.1 Å². The molecule has 0 heterocycles. The minimum Gasteiger partial charge on any atom is -0.850 e. The molecule has 0 radical (unpaired) electrons. The normalized spacial score (nSPS) is 10.2. The molecule has 0 fully saturated rings. The Morgan fingerprint density at radius 1 is 1.15 bits per heavy atom. The first kappa shape index (κ1) is 23.1. The van der Waals surface area contributed by atoms with E-state index in [1.165, 1.54) is 50.5 Å². The van der Waals surface area contributed by atoms with Crippen LogP contribution in [0.4, 0.5) is 0 Å². The Bertz CT molecular complexity index is 349. The third-order valence-corrected chi connectivity index (χ3v) is 2.57. The van der Waals surface area contributed by atoms with Gasteiger partial charge < -0.3 is 27.7 Å². The second kappa shape index (κ2) is 14.8. The summed E-state index contributed by atoms with van der Waals surface area (Å²) in [6.45, 7) is 2.26. The maximum atomic E-state index is 9.29. The van der Waals surface area contributed by atoms with Crippen molar-refractivity contribution in [2.45, 2.75) is 51.9 Å². The summed E-state index contributed by atoms with van der Waals surface area (Å²) in [5.74, 6) is 0. The van der Waals surface area contributed by atoms with E-state index in [4.69, 9.17) is 0 Å². The van der Waals surface area contributed by atoms with Crippen LogP contribution in [0.1, 0.15) is 51.0 Å². The van der Waals surface area contributed by atoms with Gasteiger partial charge in [0.15, 0.2) is 0 Å². The molecule has 1 aromatic rings. The largest absolute Gasteiger partial charge is 4.00 e. The molecule has 0 unspecified atom stereocenters. The average Bonchev–Trinajstić information content (AvgIpc) is 2.33. The van der Waals surface area contributed by atoms with E-state index in [2.05, 4.69) is 49.2 Å². The number of unbranched alkanes of at least 4 members (excludes halogenated alkanes) is 5. The third-order valence-electron chi connectivity index (χ3n) is 2.57. The van der Waals surface area contributed by atoms with Crippen molar-refractivity contribution in [3.05, 3.63) is 35.9 Å². The number of rotatable bonds is 7. The Morgan fingerprint density at radius 2 is 1.70 bits per heavy atom. The van der Waals surface area contributed by atoms with Crippen molar-refractivity contribution < 1.29 is 30.9 Å². The summed E-state index contributed by atoms with van der Waals surface area (Å²) >= 11 is 7.28. The zero-order valence-corrected chi connectivity index (χ0v) is 16.3. The second-order valence-corrected chi connectivity index (χ2v) is 8.82. The van der Waals surface area contributed by atoms with Gasteiger partial charge in [0, 0.05) is 0 Å². The molecule has 0 bridgehead atoms. The maximum absolute atomic E-state index is 9.29. The van der Waals surface area contributed by atoms with E-state index >= 15 is 0 Å². The zero-order valence-electron chi connectivity index (χ0n) is 11.7. The molecule has 112 valence electrons. The van der Waals surface area contributed by atoms with E-state index in [0.717, 1.165) is 0 Å². The summed E-state index contributed by atoms with van der Waals surface area (Å²) < 4.78 is 0. The molecule has 0 spiro atoms. The molecule has 0 aliphatic heterocycles. The van der Waals surface area contributed by atoms with Crippen LogP contribution in [0.5, 0.6) is 0 Å². The minimum atomic E-state index is -3.72. The van der Waals surface area contributed by atoms with Gasteiger partial charge in [-0.05, 0) is 0 Å². The monoisotopic (exact) mass is 414 g/mol. The fourth-order valence-electron chi connectivity index (χ4n) is 1.68. The summed E-state index contributed by atoms with van der Waals surface area (Å²) in [6.07, 6.45) is 9.46. The van der Waals surface area contributed by atoms with E-state index in [1.807, 2.05) is 12.1 Å². The van der Waals surface area contributed by atoms with Gasteiger partial charge in [0.05, 0.1) is 0 Å². The van der Waals surface area contributed by atoms with Gasteiger partial charge in [-0.2, -0.15) is 47.7 Å². The molecule has 0 aromatic heterocycles. The fraction of sp³-hybridized carbons (Fsp3) is 0.571. The van der Waals surface area contributed by atoms with Gasteiger partial charge in [-0.25, -0.2) is 0 Å². The number of benzene rings is 1. The molecule has 2 nitrogen and oxygen atoms in total. The molecule has 0 atom stereocenters. The predicted octanol–water partition coefficient (Wildman–Crippen LogP) is 2.87. The van der Waals surface area contributed by atoms with Crippen molar-refractivity contribution in [3.8, 4) is 0 Å². The van der Waals surface area contributed by atoms with Crippen molar-refractivity contribution >= 4 is 29.7 Å². The van der Waals surface area contributed by atoms with Crippen molar-refractivity contribution in [1.29, 1.82) is 0 Å². The van der Waals surface area contributed by atoms with Gasteiger partial charge in [-0.15, -0.1) is 0 Å². The van der Waals surface area contributed by atoms with Gasteiger partial charge in [0.25, 0.3) is 0 Å². The Kier molecular flexibility index (Phi) is 17.0. The first-order valence-electron chi connectivity index (χ1n) is 6.62. The van der Waals surface area contributed by atoms with Crippen molar-refractivity contribution in [2.75, 3.05) is 0 Å². The quantitative estimate of drug-likeness (QED) is 0.227. The summed E-state index contributed by atoms with van der Waals surface area (Å²) in [5, 5.41) is 0. The molecule has 0 saturated heterocycles. The first-order chi connectivity index (χ1) is 8.93. The molecule has 1 aromatic carbocycles.